The van der Waals surface area contributed by atoms with Crippen molar-refractivity contribution in [3.63, 3.8) is 0 Å². The second-order valence-electron chi connectivity index (χ2n) is 4.11. The zero-order valence-corrected chi connectivity index (χ0v) is 10.3. The Kier molecular flexibility index (Phi) is 2.38. The summed E-state index contributed by atoms with van der Waals surface area (Å²) < 4.78 is 19.0. The first-order valence-electron chi connectivity index (χ1n) is 5.36. The molecule has 0 bridgehead atoms. The van der Waals surface area contributed by atoms with Crippen LogP contribution in [0.25, 0.3) is 10.4 Å². The van der Waals surface area contributed by atoms with E-state index in [-0.39, 0.29) is 17.3 Å². The Morgan fingerprint density at radius 1 is 1.50 bits per heavy atom. The van der Waals surface area contributed by atoms with Crippen molar-refractivity contribution in [2.75, 3.05) is 0 Å². The first kappa shape index (κ1) is 11.2. The third-order valence-corrected chi connectivity index (χ3v) is 4.17. The van der Waals surface area contributed by atoms with Crippen molar-refractivity contribution in [2.45, 2.75) is 13.5 Å². The molecule has 0 fully saturated rings. The molecular formula is C13H9FO3S. The first-order valence-corrected chi connectivity index (χ1v) is 6.18. The highest BCUT2D eigenvalue weighted by atomic mass is 32.1. The van der Waals surface area contributed by atoms with Crippen LogP contribution >= 0.6 is 11.3 Å². The third kappa shape index (κ3) is 1.51. The lowest BCUT2D eigenvalue weighted by Gasteiger charge is -2.19. The molecule has 5 heteroatoms. The van der Waals surface area contributed by atoms with Crippen LogP contribution in [0.5, 0.6) is 5.75 Å². The summed E-state index contributed by atoms with van der Waals surface area (Å²) in [5.41, 5.74) is 2.08. The van der Waals surface area contributed by atoms with Crippen LogP contribution < -0.4 is 4.74 Å². The van der Waals surface area contributed by atoms with Gasteiger partial charge in [0.15, 0.2) is 0 Å². The van der Waals surface area contributed by atoms with Crippen LogP contribution in [0.4, 0.5) is 4.39 Å². The third-order valence-electron chi connectivity index (χ3n) is 2.98. The number of ether oxygens (including phenoxy) is 1. The number of carbonyl (C=O) groups is 1. The monoisotopic (exact) mass is 264 g/mol. The van der Waals surface area contributed by atoms with Crippen molar-refractivity contribution in [2.24, 2.45) is 0 Å². The van der Waals surface area contributed by atoms with E-state index in [1.165, 1.54) is 17.4 Å². The number of rotatable bonds is 1. The molecule has 1 aromatic heterocycles. The molecule has 1 aliphatic heterocycles. The summed E-state index contributed by atoms with van der Waals surface area (Å²) in [4.78, 5) is 12.1. The van der Waals surface area contributed by atoms with E-state index in [1.807, 2.05) is 0 Å². The Bertz CT molecular complexity index is 660. The molecule has 1 aromatic carbocycles. The first-order chi connectivity index (χ1) is 8.58. The van der Waals surface area contributed by atoms with E-state index in [0.717, 1.165) is 16.0 Å². The second-order valence-corrected chi connectivity index (χ2v) is 5.16. The van der Waals surface area contributed by atoms with Crippen LogP contribution in [0.1, 0.15) is 20.8 Å². The molecule has 2 aromatic rings. The van der Waals surface area contributed by atoms with Crippen LogP contribution in [0, 0.1) is 12.7 Å². The van der Waals surface area contributed by atoms with Gasteiger partial charge in [-0.05, 0) is 25.1 Å². The molecule has 3 rings (SSSR count). The van der Waals surface area contributed by atoms with Crippen molar-refractivity contribution in [3.8, 4) is 16.2 Å². The minimum Gasteiger partial charge on any atom is -0.488 e. The fourth-order valence-electron chi connectivity index (χ4n) is 2.05. The van der Waals surface area contributed by atoms with E-state index in [2.05, 4.69) is 0 Å². The molecule has 0 unspecified atom stereocenters. The van der Waals surface area contributed by atoms with Crippen molar-refractivity contribution >= 4 is 17.3 Å². The fourth-order valence-corrected chi connectivity index (χ4v) is 3.08. The smallest absolute Gasteiger partial charge is 0.345 e. The number of aromatic carboxylic acids is 1. The molecule has 1 aliphatic rings. The van der Waals surface area contributed by atoms with Gasteiger partial charge in [0.2, 0.25) is 0 Å². The van der Waals surface area contributed by atoms with E-state index in [1.54, 1.807) is 19.1 Å². The Hall–Kier alpha value is -1.88. The highest BCUT2D eigenvalue weighted by Gasteiger charge is 2.24. The SMILES string of the molecule is Cc1c(F)ccc2c1OCc1cc(C(=O)O)sc1-2. The van der Waals surface area contributed by atoms with Gasteiger partial charge in [0, 0.05) is 21.6 Å². The van der Waals surface area contributed by atoms with E-state index < -0.39 is 5.97 Å². The normalized spacial score (nSPS) is 12.6. The predicted octanol–water partition coefficient (Wildman–Crippen LogP) is 3.45. The Balaban J connectivity index is 2.23. The maximum atomic E-state index is 13.4. The van der Waals surface area contributed by atoms with Gasteiger partial charge in [0.1, 0.15) is 23.1 Å². The topological polar surface area (TPSA) is 46.5 Å². The molecule has 0 spiro atoms. The van der Waals surface area contributed by atoms with Gasteiger partial charge in [-0.3, -0.25) is 0 Å². The van der Waals surface area contributed by atoms with Crippen LogP contribution in [0.15, 0.2) is 18.2 Å². The molecule has 0 aliphatic carbocycles. The van der Waals surface area contributed by atoms with Gasteiger partial charge < -0.3 is 9.84 Å². The number of benzene rings is 1. The van der Waals surface area contributed by atoms with Gasteiger partial charge in [-0.1, -0.05) is 0 Å². The summed E-state index contributed by atoms with van der Waals surface area (Å²) in [6.45, 7) is 1.95. The molecule has 1 N–H and O–H groups in total. The van der Waals surface area contributed by atoms with Crippen molar-refractivity contribution in [1.82, 2.24) is 0 Å². The molecule has 0 atom stereocenters. The lowest BCUT2D eigenvalue weighted by atomic mass is 10.0. The molecule has 92 valence electrons. The quantitative estimate of drug-likeness (QED) is 0.858. The van der Waals surface area contributed by atoms with Crippen LogP contribution in [0.2, 0.25) is 0 Å². The summed E-state index contributed by atoms with van der Waals surface area (Å²) in [5.74, 6) is -0.747. The lowest BCUT2D eigenvalue weighted by Crippen LogP contribution is -2.05. The van der Waals surface area contributed by atoms with Crippen LogP contribution in [0.3, 0.4) is 0 Å². The van der Waals surface area contributed by atoms with Gasteiger partial charge >= 0.3 is 5.97 Å². The summed E-state index contributed by atoms with van der Waals surface area (Å²) >= 11 is 1.20. The van der Waals surface area contributed by atoms with Gasteiger partial charge in [-0.2, -0.15) is 0 Å². The van der Waals surface area contributed by atoms with Crippen molar-refractivity contribution < 1.29 is 19.0 Å². The number of carboxylic acid groups (broad SMARTS) is 1. The van der Waals surface area contributed by atoms with E-state index >= 15 is 0 Å². The summed E-state index contributed by atoms with van der Waals surface area (Å²) in [5, 5.41) is 8.99. The number of fused-ring (bicyclic) bond motifs is 3. The van der Waals surface area contributed by atoms with E-state index in [9.17, 15) is 9.18 Å². The molecule has 0 amide bonds. The molecule has 0 saturated carbocycles. The van der Waals surface area contributed by atoms with Gasteiger partial charge in [0.25, 0.3) is 0 Å². The maximum Gasteiger partial charge on any atom is 0.345 e. The standard InChI is InChI=1S/C13H9FO3S/c1-6-9(14)3-2-8-11(6)17-5-7-4-10(13(15)16)18-12(7)8/h2-4H,5H2,1H3,(H,15,16). The fraction of sp³-hybridized carbons (Fsp3) is 0.154. The molecule has 0 radical (unpaired) electrons. The number of carboxylic acids is 1. The summed E-state index contributed by atoms with van der Waals surface area (Å²) in [6, 6.07) is 4.63. The van der Waals surface area contributed by atoms with Gasteiger partial charge in [0.05, 0.1) is 0 Å². The number of thiophene rings is 1. The second kappa shape index (κ2) is 3.81. The van der Waals surface area contributed by atoms with Crippen LogP contribution in [-0.4, -0.2) is 11.1 Å². The minimum absolute atomic E-state index is 0.276. The zero-order chi connectivity index (χ0) is 12.9. The maximum absolute atomic E-state index is 13.4. The molecule has 0 saturated heterocycles. The van der Waals surface area contributed by atoms with E-state index in [4.69, 9.17) is 9.84 Å². The van der Waals surface area contributed by atoms with Gasteiger partial charge in [-0.25, -0.2) is 9.18 Å². The van der Waals surface area contributed by atoms with E-state index in [0.29, 0.717) is 11.3 Å². The molecular weight excluding hydrogens is 255 g/mol. The number of hydrogen-bond acceptors (Lipinski definition) is 3. The molecule has 18 heavy (non-hydrogen) atoms. The Morgan fingerprint density at radius 2 is 2.28 bits per heavy atom. The summed E-state index contributed by atoms with van der Waals surface area (Å²) in [6.07, 6.45) is 0. The highest BCUT2D eigenvalue weighted by molar-refractivity contribution is 7.17. The minimum atomic E-state index is -0.949. The summed E-state index contributed by atoms with van der Waals surface area (Å²) in [7, 11) is 0. The predicted molar refractivity (Wildman–Crippen MR) is 65.7 cm³/mol. The number of halogens is 1. The average molecular weight is 264 g/mol. The average Bonchev–Trinajstić information content (AvgIpc) is 2.77. The zero-order valence-electron chi connectivity index (χ0n) is 9.49. The lowest BCUT2D eigenvalue weighted by molar-refractivity contribution is 0.0702. The highest BCUT2D eigenvalue weighted by Crippen LogP contribution is 2.44. The Labute approximate surface area is 106 Å². The van der Waals surface area contributed by atoms with Crippen molar-refractivity contribution in [3.05, 3.63) is 40.0 Å². The van der Waals surface area contributed by atoms with Gasteiger partial charge in [-0.15, -0.1) is 11.3 Å². The van der Waals surface area contributed by atoms with Crippen LogP contribution in [-0.2, 0) is 6.61 Å². The largest absolute Gasteiger partial charge is 0.488 e. The van der Waals surface area contributed by atoms with Crippen molar-refractivity contribution in [1.29, 1.82) is 0 Å². The molecule has 2 heterocycles. The molecule has 3 nitrogen and oxygen atoms in total. The number of hydrogen-bond donors (Lipinski definition) is 1. The Morgan fingerprint density at radius 3 is 3.00 bits per heavy atom.